The number of hydrogen-bond acceptors (Lipinski definition) is 3. The normalized spacial score (nSPS) is 23.1. The highest BCUT2D eigenvalue weighted by atomic mass is 16.5. The largest absolute Gasteiger partial charge is 0.496 e. The van der Waals surface area contributed by atoms with E-state index in [9.17, 15) is 0 Å². The maximum Gasteiger partial charge on any atom is 0.124 e. The molecule has 0 amide bonds. The van der Waals surface area contributed by atoms with Gasteiger partial charge in [-0.15, -0.1) is 0 Å². The summed E-state index contributed by atoms with van der Waals surface area (Å²) < 4.78 is 11.0. The third-order valence-electron chi connectivity index (χ3n) is 3.57. The number of hydrogen-bond donors (Lipinski definition) is 1. The lowest BCUT2D eigenvalue weighted by molar-refractivity contribution is 0.363. The monoisotopic (exact) mass is 235 g/mol. The predicted octanol–water partition coefficient (Wildman–Crippen LogP) is 2.86. The van der Waals surface area contributed by atoms with Crippen LogP contribution in [-0.2, 0) is 0 Å². The van der Waals surface area contributed by atoms with Crippen molar-refractivity contribution in [3.8, 4) is 11.5 Å². The van der Waals surface area contributed by atoms with Crippen LogP contribution in [0.15, 0.2) is 12.1 Å². The van der Waals surface area contributed by atoms with Gasteiger partial charge in [0.05, 0.1) is 14.2 Å². The van der Waals surface area contributed by atoms with Gasteiger partial charge < -0.3 is 14.8 Å². The lowest BCUT2D eigenvalue weighted by Crippen LogP contribution is -2.32. The van der Waals surface area contributed by atoms with Crippen LogP contribution in [0.4, 0.5) is 0 Å². The molecule has 3 nitrogen and oxygen atoms in total. The Morgan fingerprint density at radius 2 is 1.76 bits per heavy atom. The molecule has 1 aromatic rings. The molecule has 1 aromatic carbocycles. The number of benzene rings is 1. The Hall–Kier alpha value is -1.22. The second kappa shape index (κ2) is 4.96. The van der Waals surface area contributed by atoms with Gasteiger partial charge in [-0.2, -0.15) is 0 Å². The first-order chi connectivity index (χ1) is 8.22. The van der Waals surface area contributed by atoms with Crippen LogP contribution < -0.4 is 14.8 Å². The van der Waals surface area contributed by atoms with Gasteiger partial charge in [-0.3, -0.25) is 0 Å². The second-order valence-corrected chi connectivity index (χ2v) is 4.57. The number of ether oxygens (including phenoxy) is 2. The summed E-state index contributed by atoms with van der Waals surface area (Å²) in [6, 6.07) is 4.37. The molecule has 1 aliphatic heterocycles. The Kier molecular flexibility index (Phi) is 3.57. The summed E-state index contributed by atoms with van der Waals surface area (Å²) in [5.74, 6) is 2.40. The molecule has 2 unspecified atom stereocenters. The molecule has 1 heterocycles. The summed E-state index contributed by atoms with van der Waals surface area (Å²) >= 11 is 0. The highest BCUT2D eigenvalue weighted by molar-refractivity contribution is 5.53. The molecule has 0 saturated carbocycles. The van der Waals surface area contributed by atoms with E-state index >= 15 is 0 Å². The maximum absolute atomic E-state index is 5.50. The van der Waals surface area contributed by atoms with Crippen molar-refractivity contribution in [1.29, 1.82) is 0 Å². The average molecular weight is 235 g/mol. The minimum Gasteiger partial charge on any atom is -0.496 e. The van der Waals surface area contributed by atoms with Gasteiger partial charge in [0, 0.05) is 23.7 Å². The van der Waals surface area contributed by atoms with Crippen LogP contribution in [0.1, 0.15) is 43.4 Å². The zero-order valence-corrected chi connectivity index (χ0v) is 11.0. The molecule has 1 aliphatic rings. The van der Waals surface area contributed by atoms with E-state index in [-0.39, 0.29) is 0 Å². The van der Waals surface area contributed by atoms with E-state index in [1.807, 2.05) is 12.1 Å². The number of rotatable bonds is 3. The highest BCUT2D eigenvalue weighted by Crippen LogP contribution is 2.42. The van der Waals surface area contributed by atoms with Gasteiger partial charge in [-0.1, -0.05) is 13.8 Å². The standard InChI is InChI=1S/C14H21NO2/c1-5-10-14-12(17-4)7-6-11(16-3)13(14)9(2)8-15-10/h6-7,9-10,15H,5,8H2,1-4H3. The van der Waals surface area contributed by atoms with E-state index < -0.39 is 0 Å². The van der Waals surface area contributed by atoms with Crippen LogP contribution in [0.5, 0.6) is 11.5 Å². The minimum absolute atomic E-state index is 0.367. The highest BCUT2D eigenvalue weighted by Gasteiger charge is 2.29. The van der Waals surface area contributed by atoms with Crippen molar-refractivity contribution in [3.05, 3.63) is 23.3 Å². The molecule has 0 bridgehead atoms. The van der Waals surface area contributed by atoms with Gasteiger partial charge in [0.25, 0.3) is 0 Å². The fourth-order valence-electron chi connectivity index (χ4n) is 2.69. The molecule has 17 heavy (non-hydrogen) atoms. The first-order valence-electron chi connectivity index (χ1n) is 6.21. The van der Waals surface area contributed by atoms with Crippen LogP contribution >= 0.6 is 0 Å². The van der Waals surface area contributed by atoms with Crippen molar-refractivity contribution in [3.63, 3.8) is 0 Å². The van der Waals surface area contributed by atoms with Crippen LogP contribution in [0.3, 0.4) is 0 Å². The molecular weight excluding hydrogens is 214 g/mol. The third-order valence-corrected chi connectivity index (χ3v) is 3.57. The number of methoxy groups -OCH3 is 2. The fourth-order valence-corrected chi connectivity index (χ4v) is 2.69. The van der Waals surface area contributed by atoms with Gasteiger partial charge in [0.2, 0.25) is 0 Å². The smallest absolute Gasteiger partial charge is 0.124 e. The molecule has 3 heteroatoms. The maximum atomic E-state index is 5.50. The van der Waals surface area contributed by atoms with Gasteiger partial charge in [0.15, 0.2) is 0 Å². The first kappa shape index (κ1) is 12.2. The van der Waals surface area contributed by atoms with E-state index in [0.29, 0.717) is 12.0 Å². The number of fused-ring (bicyclic) bond motifs is 1. The topological polar surface area (TPSA) is 30.5 Å². The summed E-state index contributed by atoms with van der Waals surface area (Å²) in [5.41, 5.74) is 2.57. The van der Waals surface area contributed by atoms with Crippen molar-refractivity contribution in [1.82, 2.24) is 5.32 Å². The third kappa shape index (κ3) is 2.00. The van der Waals surface area contributed by atoms with Crippen molar-refractivity contribution < 1.29 is 9.47 Å². The lowest BCUT2D eigenvalue weighted by atomic mass is 9.85. The molecule has 0 saturated heterocycles. The minimum atomic E-state index is 0.367. The van der Waals surface area contributed by atoms with Crippen LogP contribution in [0.2, 0.25) is 0 Å². The zero-order chi connectivity index (χ0) is 12.4. The van der Waals surface area contributed by atoms with E-state index in [1.54, 1.807) is 14.2 Å². The van der Waals surface area contributed by atoms with Crippen LogP contribution in [0, 0.1) is 0 Å². The Morgan fingerprint density at radius 1 is 1.18 bits per heavy atom. The Labute approximate surface area is 103 Å². The molecule has 0 fully saturated rings. The molecular formula is C14H21NO2. The molecule has 2 atom stereocenters. The SMILES string of the molecule is CCC1NCC(C)c2c(OC)ccc(OC)c21. The summed E-state index contributed by atoms with van der Waals surface area (Å²) in [7, 11) is 3.46. The van der Waals surface area contributed by atoms with E-state index in [2.05, 4.69) is 19.2 Å². The number of nitrogens with one attached hydrogen (secondary N) is 1. The van der Waals surface area contributed by atoms with Crippen molar-refractivity contribution in [2.45, 2.75) is 32.2 Å². The van der Waals surface area contributed by atoms with Crippen LogP contribution in [-0.4, -0.2) is 20.8 Å². The summed E-state index contributed by atoms with van der Waals surface area (Å²) in [6.45, 7) is 5.41. The summed E-state index contributed by atoms with van der Waals surface area (Å²) in [6.07, 6.45) is 1.06. The van der Waals surface area contributed by atoms with Crippen LogP contribution in [0.25, 0.3) is 0 Å². The lowest BCUT2D eigenvalue weighted by Gasteiger charge is -2.33. The molecule has 0 radical (unpaired) electrons. The molecule has 2 rings (SSSR count). The first-order valence-corrected chi connectivity index (χ1v) is 6.21. The predicted molar refractivity (Wildman–Crippen MR) is 69.0 cm³/mol. The zero-order valence-electron chi connectivity index (χ0n) is 11.0. The Balaban J connectivity index is 2.61. The van der Waals surface area contributed by atoms with Gasteiger partial charge in [0.1, 0.15) is 11.5 Å². The quantitative estimate of drug-likeness (QED) is 0.874. The molecule has 0 aromatic heterocycles. The second-order valence-electron chi connectivity index (χ2n) is 4.57. The molecule has 1 N–H and O–H groups in total. The van der Waals surface area contributed by atoms with E-state index in [1.165, 1.54) is 11.1 Å². The fraction of sp³-hybridized carbons (Fsp3) is 0.571. The molecule has 0 spiro atoms. The van der Waals surface area contributed by atoms with Crippen molar-refractivity contribution in [2.24, 2.45) is 0 Å². The summed E-state index contributed by atoms with van der Waals surface area (Å²) in [4.78, 5) is 0. The van der Waals surface area contributed by atoms with Crippen molar-refractivity contribution in [2.75, 3.05) is 20.8 Å². The van der Waals surface area contributed by atoms with Gasteiger partial charge in [-0.25, -0.2) is 0 Å². The van der Waals surface area contributed by atoms with E-state index in [0.717, 1.165) is 24.5 Å². The Morgan fingerprint density at radius 3 is 2.29 bits per heavy atom. The molecule has 0 aliphatic carbocycles. The van der Waals surface area contributed by atoms with Gasteiger partial charge in [-0.05, 0) is 24.5 Å². The Bertz CT molecular complexity index is 403. The van der Waals surface area contributed by atoms with Gasteiger partial charge >= 0.3 is 0 Å². The summed E-state index contributed by atoms with van der Waals surface area (Å²) in [5, 5.41) is 3.57. The van der Waals surface area contributed by atoms with E-state index in [4.69, 9.17) is 9.47 Å². The molecule has 94 valence electrons. The van der Waals surface area contributed by atoms with Crippen molar-refractivity contribution >= 4 is 0 Å². The average Bonchev–Trinajstić information content (AvgIpc) is 2.38.